The van der Waals surface area contributed by atoms with E-state index in [1.807, 2.05) is 13.8 Å². The van der Waals surface area contributed by atoms with Gasteiger partial charge in [0.15, 0.2) is 0 Å². The van der Waals surface area contributed by atoms with Crippen LogP contribution in [0.5, 0.6) is 11.5 Å². The van der Waals surface area contributed by atoms with Crippen molar-refractivity contribution in [1.29, 1.82) is 0 Å². The van der Waals surface area contributed by atoms with E-state index in [1.54, 1.807) is 12.1 Å². The van der Waals surface area contributed by atoms with E-state index in [4.69, 9.17) is 54.4 Å². The van der Waals surface area contributed by atoms with Crippen LogP contribution in [0, 0.1) is 0 Å². The average Bonchev–Trinajstić information content (AvgIpc) is 4.02. The van der Waals surface area contributed by atoms with E-state index in [0.29, 0.717) is 93.2 Å². The molecule has 0 bridgehead atoms. The largest absolute Gasteiger partial charge is 0.489 e. The summed E-state index contributed by atoms with van der Waals surface area (Å²) in [5.74, 6) is -1.54. The molecule has 6 aliphatic rings. The number of hydrogen-bond donors (Lipinski definition) is 6. The third-order valence-corrected chi connectivity index (χ3v) is 13.2. The molecule has 6 aliphatic heterocycles. The van der Waals surface area contributed by atoms with Crippen LogP contribution in [0.1, 0.15) is 110 Å². The Morgan fingerprint density at radius 1 is 0.707 bits per heavy atom. The summed E-state index contributed by atoms with van der Waals surface area (Å²) < 4.78 is 11.7. The van der Waals surface area contributed by atoms with Crippen molar-refractivity contribution in [3.63, 3.8) is 0 Å². The third-order valence-electron chi connectivity index (χ3n) is 12.6. The molecule has 0 aliphatic carbocycles. The summed E-state index contributed by atoms with van der Waals surface area (Å²) >= 11 is 12.5. The first-order valence-electron chi connectivity index (χ1n) is 20.4. The van der Waals surface area contributed by atoms with Gasteiger partial charge in [-0.2, -0.15) is 0 Å². The van der Waals surface area contributed by atoms with Crippen molar-refractivity contribution in [3.8, 4) is 11.5 Å². The van der Waals surface area contributed by atoms with Crippen LogP contribution in [-0.2, 0) is 22.4 Å². The molecule has 2 aromatic carbocycles. The lowest BCUT2D eigenvalue weighted by Gasteiger charge is -2.32. The normalized spacial score (nSPS) is 22.0. The number of nitrogens with zero attached hydrogens (tertiary/aromatic N) is 2. The molecule has 0 spiro atoms. The molecule has 2 amide bonds. The Hall–Kier alpha value is -4.24. The molecular weight excluding hydrogens is 787 g/mol. The molecule has 8 N–H and O–H groups in total. The summed E-state index contributed by atoms with van der Waals surface area (Å²) in [7, 11) is 0. The summed E-state index contributed by atoms with van der Waals surface area (Å²) in [5, 5.41) is 22.6. The van der Waals surface area contributed by atoms with Gasteiger partial charge >= 0.3 is 11.9 Å². The third kappa shape index (κ3) is 9.46. The number of carboxylic acid groups (broad SMARTS) is 2. The summed E-state index contributed by atoms with van der Waals surface area (Å²) in [6, 6.07) is 3.28. The monoisotopic (exact) mass is 842 g/mol. The minimum absolute atomic E-state index is 0.0201. The van der Waals surface area contributed by atoms with Crippen molar-refractivity contribution in [2.45, 2.75) is 114 Å². The number of anilines is 2. The topological polar surface area (TPSA) is 210 Å². The van der Waals surface area contributed by atoms with Gasteiger partial charge in [-0.05, 0) is 116 Å². The summed E-state index contributed by atoms with van der Waals surface area (Å²) in [5.41, 5.74) is 16.5. The quantitative estimate of drug-likeness (QED) is 0.126. The highest BCUT2D eigenvalue weighted by Crippen LogP contribution is 2.44. The van der Waals surface area contributed by atoms with Gasteiger partial charge in [-0.25, -0.2) is 9.59 Å². The van der Waals surface area contributed by atoms with Crippen molar-refractivity contribution in [1.82, 2.24) is 20.4 Å². The summed E-state index contributed by atoms with van der Waals surface area (Å²) in [6.07, 6.45) is 14.7. The van der Waals surface area contributed by atoms with Crippen molar-refractivity contribution in [2.75, 3.05) is 50.7 Å². The molecule has 16 heteroatoms. The van der Waals surface area contributed by atoms with E-state index >= 15 is 0 Å². The zero-order valence-electron chi connectivity index (χ0n) is 33.3. The van der Waals surface area contributed by atoms with Gasteiger partial charge in [-0.3, -0.25) is 19.4 Å². The summed E-state index contributed by atoms with van der Waals surface area (Å²) in [4.78, 5) is 49.8. The molecular formula is C42H56Cl2N6O8. The lowest BCUT2D eigenvalue weighted by atomic mass is 9.90. The van der Waals surface area contributed by atoms with Crippen molar-refractivity contribution in [2.24, 2.45) is 0 Å². The number of amides is 2. The Morgan fingerprint density at radius 2 is 1.05 bits per heavy atom. The molecule has 58 heavy (non-hydrogen) atoms. The molecule has 2 atom stereocenters. The van der Waals surface area contributed by atoms with Crippen LogP contribution in [0.3, 0.4) is 0 Å². The highest BCUT2D eigenvalue weighted by molar-refractivity contribution is 6.34. The SMILES string of the molecule is C[C@H]1Cc2c(N)c(Cl)cc(C(=O)NCCC34CCCN3CCC4)c2O1.C[C@H]1Cc2c(N)c(Cl)cc(C(=O)NCCC34CCCN3CCC4)c2O1.O=C(O)/C=C/C(=O)O. The van der Waals surface area contributed by atoms with Gasteiger partial charge in [0.1, 0.15) is 23.7 Å². The second-order valence-electron chi connectivity index (χ2n) is 16.4. The van der Waals surface area contributed by atoms with Gasteiger partial charge in [0.25, 0.3) is 11.8 Å². The number of hydrogen-bond acceptors (Lipinski definition) is 10. The Morgan fingerprint density at radius 3 is 1.38 bits per heavy atom. The number of benzene rings is 2. The summed E-state index contributed by atoms with van der Waals surface area (Å²) in [6.45, 7) is 10.2. The fourth-order valence-electron chi connectivity index (χ4n) is 9.89. The molecule has 0 radical (unpaired) electrons. The van der Waals surface area contributed by atoms with Gasteiger partial charge in [-0.15, -0.1) is 0 Å². The van der Waals surface area contributed by atoms with Gasteiger partial charge < -0.3 is 41.8 Å². The van der Waals surface area contributed by atoms with E-state index in [9.17, 15) is 19.2 Å². The van der Waals surface area contributed by atoms with Crippen molar-refractivity contribution in [3.05, 3.63) is 56.6 Å². The molecule has 14 nitrogen and oxygen atoms in total. The number of fused-ring (bicyclic) bond motifs is 4. The number of carbonyl (C=O) groups is 4. The minimum atomic E-state index is -1.26. The number of carbonyl (C=O) groups excluding carboxylic acids is 2. The highest BCUT2D eigenvalue weighted by atomic mass is 35.5. The molecule has 2 aromatic rings. The van der Waals surface area contributed by atoms with E-state index < -0.39 is 11.9 Å². The van der Waals surface area contributed by atoms with Gasteiger partial charge in [0.05, 0.1) is 32.5 Å². The molecule has 316 valence electrons. The Balaban J connectivity index is 0.000000165. The van der Waals surface area contributed by atoms with E-state index in [0.717, 1.165) is 24.0 Å². The molecule has 4 fully saturated rings. The first kappa shape index (κ1) is 43.3. The van der Waals surface area contributed by atoms with Crippen LogP contribution in [0.15, 0.2) is 24.3 Å². The predicted octanol–water partition coefficient (Wildman–Crippen LogP) is 5.70. The van der Waals surface area contributed by atoms with Gasteiger partial charge in [-0.1, -0.05) is 23.2 Å². The number of halogens is 2. The molecule has 0 saturated carbocycles. The molecule has 6 heterocycles. The Bertz CT molecular complexity index is 1790. The highest BCUT2D eigenvalue weighted by Gasteiger charge is 2.44. The predicted molar refractivity (Wildman–Crippen MR) is 223 cm³/mol. The second kappa shape index (κ2) is 18.4. The number of ether oxygens (including phenoxy) is 2. The lowest BCUT2D eigenvalue weighted by Crippen LogP contribution is -2.41. The maximum Gasteiger partial charge on any atom is 0.328 e. The number of nitrogens with two attached hydrogens (primary N) is 2. The maximum absolute atomic E-state index is 12.7. The lowest BCUT2D eigenvalue weighted by molar-refractivity contribution is -0.134. The first-order chi connectivity index (χ1) is 27.6. The molecule has 8 rings (SSSR count). The van der Waals surface area contributed by atoms with E-state index in [2.05, 4.69) is 20.4 Å². The molecule has 0 unspecified atom stereocenters. The van der Waals surface area contributed by atoms with Crippen LogP contribution in [0.4, 0.5) is 11.4 Å². The van der Waals surface area contributed by atoms with Crippen LogP contribution >= 0.6 is 23.2 Å². The van der Waals surface area contributed by atoms with Crippen molar-refractivity contribution < 1.29 is 38.9 Å². The second-order valence-corrected chi connectivity index (χ2v) is 17.2. The number of nitrogen functional groups attached to an aromatic ring is 2. The van der Waals surface area contributed by atoms with Crippen LogP contribution in [0.25, 0.3) is 0 Å². The Labute approximate surface area is 349 Å². The van der Waals surface area contributed by atoms with Crippen LogP contribution in [0.2, 0.25) is 10.0 Å². The average molecular weight is 844 g/mol. The van der Waals surface area contributed by atoms with E-state index in [1.165, 1.54) is 77.5 Å². The zero-order valence-corrected chi connectivity index (χ0v) is 34.9. The fraction of sp³-hybridized carbons (Fsp3) is 0.571. The van der Waals surface area contributed by atoms with Crippen LogP contribution < -0.4 is 31.6 Å². The van der Waals surface area contributed by atoms with Crippen molar-refractivity contribution >= 4 is 58.3 Å². The smallest absolute Gasteiger partial charge is 0.328 e. The number of nitrogens with one attached hydrogen (secondary N) is 2. The fourth-order valence-corrected chi connectivity index (χ4v) is 10.3. The Kier molecular flexibility index (Phi) is 13.7. The van der Waals surface area contributed by atoms with Gasteiger partial charge in [0, 0.05) is 60.3 Å². The maximum atomic E-state index is 12.7. The number of aliphatic carboxylic acids is 2. The number of rotatable bonds is 10. The minimum Gasteiger partial charge on any atom is -0.489 e. The van der Waals surface area contributed by atoms with Gasteiger partial charge in [0.2, 0.25) is 0 Å². The zero-order chi connectivity index (χ0) is 41.8. The molecule has 4 saturated heterocycles. The molecule has 0 aromatic heterocycles. The van der Waals surface area contributed by atoms with E-state index in [-0.39, 0.29) is 24.0 Å². The standard InChI is InChI=1S/2C19H26ClN3O2.C4H4O4/c2*1-12-10-13-16(21)15(20)11-14(17(13)25-12)18(24)22-7-6-19-4-2-8-23(19)9-3-5-19;5-3(6)1-2-4(7)8/h2*11-12H,2-10,21H2,1H3,(H,22,24);1-2H,(H,5,6)(H,7,8)/b;;2-1+/t2*12-;/m00./s1. The number of carboxylic acids is 2. The van der Waals surface area contributed by atoms with Crippen LogP contribution in [-0.4, -0.2) is 106 Å². The first-order valence-corrected chi connectivity index (χ1v) is 21.1.